The number of aryl methyl sites for hydroxylation is 2. The molecule has 0 aliphatic rings. The number of nitrogens with one attached hydrogen (secondary N) is 2. The van der Waals surface area contributed by atoms with Crippen LogP contribution in [0.4, 0.5) is 5.69 Å². The summed E-state index contributed by atoms with van der Waals surface area (Å²) in [7, 11) is 0. The van der Waals surface area contributed by atoms with Crippen LogP contribution in [0.2, 0.25) is 5.02 Å². The summed E-state index contributed by atoms with van der Waals surface area (Å²) in [4.78, 5) is 13.1. The van der Waals surface area contributed by atoms with Crippen molar-refractivity contribution >= 4 is 23.2 Å². The van der Waals surface area contributed by atoms with Crippen molar-refractivity contribution in [3.63, 3.8) is 0 Å². The second kappa shape index (κ2) is 8.85. The summed E-state index contributed by atoms with van der Waals surface area (Å²) in [6.45, 7) is 4.55. The molecule has 3 nitrogen and oxygen atoms in total. The predicted octanol–water partition coefficient (Wildman–Crippen LogP) is 5.43. The Morgan fingerprint density at radius 3 is 2.48 bits per heavy atom. The molecule has 0 bridgehead atoms. The zero-order valence-corrected chi connectivity index (χ0v) is 16.3. The molecule has 0 heterocycles. The molecular formula is C23H23ClN2O. The Morgan fingerprint density at radius 1 is 0.963 bits per heavy atom. The van der Waals surface area contributed by atoms with E-state index in [-0.39, 0.29) is 5.91 Å². The Kier molecular flexibility index (Phi) is 6.28. The molecule has 0 aromatic heterocycles. The molecule has 0 saturated heterocycles. The van der Waals surface area contributed by atoms with Crippen molar-refractivity contribution in [3.05, 3.63) is 100 Å². The summed E-state index contributed by atoms with van der Waals surface area (Å²) in [6, 6.07) is 23.0. The van der Waals surface area contributed by atoms with Gasteiger partial charge in [0.1, 0.15) is 6.04 Å². The SMILES string of the molecule is Cc1ccc(C)c(NC(=O)[C@H](NCc2cccc(Cl)c2)c2ccccc2)c1. The lowest BCUT2D eigenvalue weighted by Gasteiger charge is -2.20. The number of hydrogen-bond acceptors (Lipinski definition) is 2. The van der Waals surface area contributed by atoms with Crippen LogP contribution in [-0.2, 0) is 11.3 Å². The molecule has 1 atom stereocenters. The van der Waals surface area contributed by atoms with E-state index in [4.69, 9.17) is 11.6 Å². The highest BCUT2D eigenvalue weighted by molar-refractivity contribution is 6.30. The van der Waals surface area contributed by atoms with Gasteiger partial charge < -0.3 is 5.32 Å². The van der Waals surface area contributed by atoms with Gasteiger partial charge in [0.15, 0.2) is 0 Å². The fourth-order valence-corrected chi connectivity index (χ4v) is 3.16. The Bertz CT molecular complexity index is 925. The lowest BCUT2D eigenvalue weighted by Crippen LogP contribution is -2.33. The fourth-order valence-electron chi connectivity index (χ4n) is 2.95. The third-order valence-electron chi connectivity index (χ3n) is 4.45. The van der Waals surface area contributed by atoms with Gasteiger partial charge in [-0.15, -0.1) is 0 Å². The normalized spacial score (nSPS) is 11.8. The Balaban J connectivity index is 1.81. The highest BCUT2D eigenvalue weighted by Gasteiger charge is 2.20. The quantitative estimate of drug-likeness (QED) is 0.600. The van der Waals surface area contributed by atoms with Gasteiger partial charge in [0, 0.05) is 17.3 Å². The number of halogens is 1. The fraction of sp³-hybridized carbons (Fsp3) is 0.174. The van der Waals surface area contributed by atoms with Crippen molar-refractivity contribution in [2.24, 2.45) is 0 Å². The summed E-state index contributed by atoms with van der Waals surface area (Å²) in [5.41, 5.74) is 4.94. The molecule has 0 aliphatic carbocycles. The monoisotopic (exact) mass is 378 g/mol. The van der Waals surface area contributed by atoms with E-state index in [0.29, 0.717) is 11.6 Å². The minimum Gasteiger partial charge on any atom is -0.324 e. The van der Waals surface area contributed by atoms with Crippen molar-refractivity contribution in [2.45, 2.75) is 26.4 Å². The first-order chi connectivity index (χ1) is 13.0. The number of carbonyl (C=O) groups is 1. The summed E-state index contributed by atoms with van der Waals surface area (Å²) in [5, 5.41) is 7.12. The third-order valence-corrected chi connectivity index (χ3v) is 4.68. The average Bonchev–Trinajstić information content (AvgIpc) is 2.66. The second-order valence-electron chi connectivity index (χ2n) is 6.66. The van der Waals surface area contributed by atoms with Crippen LogP contribution in [0.15, 0.2) is 72.8 Å². The van der Waals surface area contributed by atoms with Crippen LogP contribution in [0.25, 0.3) is 0 Å². The highest BCUT2D eigenvalue weighted by Crippen LogP contribution is 2.21. The van der Waals surface area contributed by atoms with Gasteiger partial charge in [-0.25, -0.2) is 0 Å². The smallest absolute Gasteiger partial charge is 0.246 e. The van der Waals surface area contributed by atoms with Crippen molar-refractivity contribution in [1.82, 2.24) is 5.32 Å². The molecule has 4 heteroatoms. The van der Waals surface area contributed by atoms with Gasteiger partial charge in [-0.3, -0.25) is 10.1 Å². The van der Waals surface area contributed by atoms with E-state index in [1.807, 2.05) is 86.6 Å². The van der Waals surface area contributed by atoms with E-state index in [1.165, 1.54) is 0 Å². The summed E-state index contributed by atoms with van der Waals surface area (Å²) < 4.78 is 0. The lowest BCUT2D eigenvalue weighted by atomic mass is 10.0. The lowest BCUT2D eigenvalue weighted by molar-refractivity contribution is -0.118. The third kappa shape index (κ3) is 5.19. The summed E-state index contributed by atoms with van der Waals surface area (Å²) >= 11 is 6.07. The second-order valence-corrected chi connectivity index (χ2v) is 7.10. The van der Waals surface area contributed by atoms with Gasteiger partial charge in [-0.05, 0) is 54.3 Å². The molecule has 3 rings (SSSR count). The number of amides is 1. The minimum atomic E-state index is -0.468. The van der Waals surface area contributed by atoms with Gasteiger partial charge in [-0.1, -0.05) is 66.2 Å². The van der Waals surface area contributed by atoms with Gasteiger partial charge in [0.2, 0.25) is 5.91 Å². The molecule has 3 aromatic rings. The molecule has 138 valence electrons. The molecule has 1 amide bonds. The van der Waals surface area contributed by atoms with Crippen LogP contribution in [0, 0.1) is 13.8 Å². The van der Waals surface area contributed by atoms with E-state index >= 15 is 0 Å². The molecular weight excluding hydrogens is 356 g/mol. The molecule has 0 spiro atoms. The van der Waals surface area contributed by atoms with Gasteiger partial charge in [0.25, 0.3) is 0 Å². The highest BCUT2D eigenvalue weighted by atomic mass is 35.5. The Hall–Kier alpha value is -2.62. The van der Waals surface area contributed by atoms with Crippen LogP contribution in [0.3, 0.4) is 0 Å². The zero-order chi connectivity index (χ0) is 19.2. The number of benzene rings is 3. The van der Waals surface area contributed by atoms with Gasteiger partial charge in [-0.2, -0.15) is 0 Å². The Morgan fingerprint density at radius 2 is 1.74 bits per heavy atom. The van der Waals surface area contributed by atoms with Crippen LogP contribution in [0.5, 0.6) is 0 Å². The summed E-state index contributed by atoms with van der Waals surface area (Å²) in [6.07, 6.45) is 0. The molecule has 27 heavy (non-hydrogen) atoms. The number of rotatable bonds is 6. The maximum absolute atomic E-state index is 13.1. The zero-order valence-electron chi connectivity index (χ0n) is 15.5. The van der Waals surface area contributed by atoms with Gasteiger partial charge >= 0.3 is 0 Å². The predicted molar refractivity (Wildman–Crippen MR) is 112 cm³/mol. The molecule has 2 N–H and O–H groups in total. The number of anilines is 1. The van der Waals surface area contributed by atoms with Crippen molar-refractivity contribution in [3.8, 4) is 0 Å². The molecule has 0 aliphatic heterocycles. The van der Waals surface area contributed by atoms with E-state index in [1.54, 1.807) is 0 Å². The average molecular weight is 379 g/mol. The standard InChI is InChI=1S/C23H23ClN2O/c1-16-11-12-17(2)21(13-16)26-23(27)22(19-8-4-3-5-9-19)25-15-18-7-6-10-20(24)14-18/h3-14,22,25H,15H2,1-2H3,(H,26,27)/t22-/m1/s1. The minimum absolute atomic E-state index is 0.0862. The van der Waals surface area contributed by atoms with Crippen molar-refractivity contribution < 1.29 is 4.79 Å². The molecule has 0 fully saturated rings. The largest absolute Gasteiger partial charge is 0.324 e. The first-order valence-electron chi connectivity index (χ1n) is 8.94. The van der Waals surface area contributed by atoms with Crippen molar-refractivity contribution in [2.75, 3.05) is 5.32 Å². The first-order valence-corrected chi connectivity index (χ1v) is 9.31. The van der Waals surface area contributed by atoms with Crippen molar-refractivity contribution in [1.29, 1.82) is 0 Å². The summed E-state index contributed by atoms with van der Waals surface area (Å²) in [5.74, 6) is -0.0862. The molecule has 3 aromatic carbocycles. The number of hydrogen-bond donors (Lipinski definition) is 2. The van der Waals surface area contributed by atoms with Crippen LogP contribution in [0.1, 0.15) is 28.3 Å². The van der Waals surface area contributed by atoms with E-state index in [0.717, 1.165) is 27.9 Å². The maximum Gasteiger partial charge on any atom is 0.246 e. The number of carbonyl (C=O) groups excluding carboxylic acids is 1. The topological polar surface area (TPSA) is 41.1 Å². The molecule has 0 radical (unpaired) electrons. The van der Waals surface area contributed by atoms with E-state index in [2.05, 4.69) is 10.6 Å². The Labute approximate surface area is 165 Å². The van der Waals surface area contributed by atoms with E-state index < -0.39 is 6.04 Å². The van der Waals surface area contributed by atoms with Gasteiger partial charge in [0.05, 0.1) is 0 Å². The maximum atomic E-state index is 13.1. The molecule has 0 unspecified atom stereocenters. The molecule has 0 saturated carbocycles. The van der Waals surface area contributed by atoms with Crippen LogP contribution >= 0.6 is 11.6 Å². The first kappa shape index (κ1) is 19.2. The van der Waals surface area contributed by atoms with Crippen LogP contribution in [-0.4, -0.2) is 5.91 Å². The van der Waals surface area contributed by atoms with E-state index in [9.17, 15) is 4.79 Å². The van der Waals surface area contributed by atoms with Crippen LogP contribution < -0.4 is 10.6 Å².